The van der Waals surface area contributed by atoms with E-state index in [4.69, 9.17) is 9.47 Å². The average Bonchev–Trinajstić information content (AvgIpc) is 3.12. The van der Waals surface area contributed by atoms with Crippen LogP contribution in [0.15, 0.2) is 53.5 Å². The minimum atomic E-state index is 0. The fourth-order valence-electron chi connectivity index (χ4n) is 2.61. The molecule has 0 fully saturated rings. The van der Waals surface area contributed by atoms with Crippen LogP contribution in [0.2, 0.25) is 0 Å². The van der Waals surface area contributed by atoms with Gasteiger partial charge in [0, 0.05) is 39.4 Å². The van der Waals surface area contributed by atoms with Crippen molar-refractivity contribution in [3.05, 3.63) is 54.1 Å². The number of ether oxygens (including phenoxy) is 2. The van der Waals surface area contributed by atoms with E-state index in [-0.39, 0.29) is 24.0 Å². The standard InChI is InChI=1S/C19H24N4O2.HI/c1-20-19(21-10-11-23(2)16-6-4-3-5-7-16)22-13-15-8-9-17-18(12-15)25-14-24-17;/h3-9,12H,10-11,13-14H2,1-2H3,(H2,20,21,22);1H. The molecule has 1 aliphatic rings. The maximum Gasteiger partial charge on any atom is 0.231 e. The largest absolute Gasteiger partial charge is 0.454 e. The highest BCUT2D eigenvalue weighted by Gasteiger charge is 2.13. The molecule has 6 nitrogen and oxygen atoms in total. The lowest BCUT2D eigenvalue weighted by Gasteiger charge is -2.20. The fraction of sp³-hybridized carbons (Fsp3) is 0.316. The predicted octanol–water partition coefficient (Wildman–Crippen LogP) is 2.83. The number of guanidine groups is 1. The van der Waals surface area contributed by atoms with E-state index in [0.717, 1.165) is 36.1 Å². The van der Waals surface area contributed by atoms with Crippen LogP contribution in [0, 0.1) is 0 Å². The van der Waals surface area contributed by atoms with Gasteiger partial charge in [0.2, 0.25) is 6.79 Å². The summed E-state index contributed by atoms with van der Waals surface area (Å²) in [6.45, 7) is 2.65. The van der Waals surface area contributed by atoms with Crippen molar-refractivity contribution in [3.8, 4) is 11.5 Å². The zero-order valence-electron chi connectivity index (χ0n) is 15.1. The predicted molar refractivity (Wildman–Crippen MR) is 116 cm³/mol. The summed E-state index contributed by atoms with van der Waals surface area (Å²) in [4.78, 5) is 6.47. The van der Waals surface area contributed by atoms with Crippen molar-refractivity contribution in [3.63, 3.8) is 0 Å². The molecule has 0 aliphatic carbocycles. The van der Waals surface area contributed by atoms with Gasteiger partial charge in [-0.25, -0.2) is 0 Å². The smallest absolute Gasteiger partial charge is 0.231 e. The van der Waals surface area contributed by atoms with E-state index < -0.39 is 0 Å². The lowest BCUT2D eigenvalue weighted by molar-refractivity contribution is 0.174. The van der Waals surface area contributed by atoms with Gasteiger partial charge in [-0.15, -0.1) is 24.0 Å². The third kappa shape index (κ3) is 5.42. The Morgan fingerprint density at radius 3 is 2.62 bits per heavy atom. The van der Waals surface area contributed by atoms with E-state index in [0.29, 0.717) is 13.3 Å². The second-order valence-corrected chi connectivity index (χ2v) is 5.80. The Morgan fingerprint density at radius 2 is 1.85 bits per heavy atom. The lowest BCUT2D eigenvalue weighted by atomic mass is 10.2. The molecule has 1 aliphatic heterocycles. The van der Waals surface area contributed by atoms with Crippen molar-refractivity contribution >= 4 is 35.6 Å². The molecule has 2 aromatic rings. The zero-order chi connectivity index (χ0) is 17.5. The third-order valence-corrected chi connectivity index (χ3v) is 4.06. The molecular weight excluding hydrogens is 443 g/mol. The summed E-state index contributed by atoms with van der Waals surface area (Å²) in [5.41, 5.74) is 2.32. The van der Waals surface area contributed by atoms with Crippen LogP contribution in [0.1, 0.15) is 5.56 Å². The summed E-state index contributed by atoms with van der Waals surface area (Å²) in [7, 11) is 3.86. The molecule has 2 N–H and O–H groups in total. The molecule has 0 aromatic heterocycles. The number of halogens is 1. The summed E-state index contributed by atoms with van der Waals surface area (Å²) in [5, 5.41) is 6.65. The number of anilines is 1. The maximum absolute atomic E-state index is 5.40. The highest BCUT2D eigenvalue weighted by Crippen LogP contribution is 2.32. The minimum Gasteiger partial charge on any atom is -0.454 e. The van der Waals surface area contributed by atoms with Gasteiger partial charge >= 0.3 is 0 Å². The molecule has 0 unspecified atom stereocenters. The van der Waals surface area contributed by atoms with Gasteiger partial charge in [-0.3, -0.25) is 4.99 Å². The van der Waals surface area contributed by atoms with Gasteiger partial charge in [-0.05, 0) is 29.8 Å². The summed E-state index contributed by atoms with van der Waals surface area (Å²) in [5.74, 6) is 2.38. The number of likely N-dealkylation sites (N-methyl/N-ethyl adjacent to an activating group) is 1. The number of hydrogen-bond donors (Lipinski definition) is 2. The highest BCUT2D eigenvalue weighted by atomic mass is 127. The number of fused-ring (bicyclic) bond motifs is 1. The number of para-hydroxylation sites is 1. The van der Waals surface area contributed by atoms with E-state index in [2.05, 4.69) is 39.7 Å². The quantitative estimate of drug-likeness (QED) is 0.388. The van der Waals surface area contributed by atoms with Gasteiger partial charge in [0.05, 0.1) is 0 Å². The molecular formula is C19H25IN4O2. The van der Waals surface area contributed by atoms with Crippen LogP contribution < -0.4 is 25.0 Å². The molecule has 140 valence electrons. The Balaban J connectivity index is 0.00000243. The van der Waals surface area contributed by atoms with Crippen molar-refractivity contribution in [2.75, 3.05) is 38.9 Å². The molecule has 0 saturated carbocycles. The molecule has 2 aromatic carbocycles. The zero-order valence-corrected chi connectivity index (χ0v) is 17.4. The Labute approximate surface area is 171 Å². The molecule has 0 atom stereocenters. The molecule has 3 rings (SSSR count). The summed E-state index contributed by atoms with van der Waals surface area (Å²) in [6.07, 6.45) is 0. The Morgan fingerprint density at radius 1 is 1.08 bits per heavy atom. The Bertz CT molecular complexity index is 725. The second kappa shape index (κ2) is 10.1. The SMILES string of the molecule is CN=C(NCCN(C)c1ccccc1)NCc1ccc2c(c1)OCO2.I. The van der Waals surface area contributed by atoms with E-state index in [1.54, 1.807) is 7.05 Å². The van der Waals surface area contributed by atoms with Crippen LogP contribution in [0.4, 0.5) is 5.69 Å². The third-order valence-electron chi connectivity index (χ3n) is 4.06. The van der Waals surface area contributed by atoms with Crippen LogP contribution in [0.5, 0.6) is 11.5 Å². The van der Waals surface area contributed by atoms with E-state index in [9.17, 15) is 0 Å². The van der Waals surface area contributed by atoms with Crippen molar-refractivity contribution < 1.29 is 9.47 Å². The van der Waals surface area contributed by atoms with Gasteiger partial charge in [-0.1, -0.05) is 24.3 Å². The van der Waals surface area contributed by atoms with Gasteiger partial charge in [0.15, 0.2) is 17.5 Å². The highest BCUT2D eigenvalue weighted by molar-refractivity contribution is 14.0. The average molecular weight is 468 g/mol. The van der Waals surface area contributed by atoms with Gasteiger partial charge in [0.25, 0.3) is 0 Å². The second-order valence-electron chi connectivity index (χ2n) is 5.80. The molecule has 7 heteroatoms. The first-order valence-electron chi connectivity index (χ1n) is 8.35. The maximum atomic E-state index is 5.40. The number of benzene rings is 2. The Hall–Kier alpha value is -2.16. The molecule has 0 amide bonds. The topological polar surface area (TPSA) is 58.1 Å². The van der Waals surface area contributed by atoms with Crippen LogP contribution in [0.25, 0.3) is 0 Å². The van der Waals surface area contributed by atoms with Crippen LogP contribution in [-0.2, 0) is 6.54 Å². The van der Waals surface area contributed by atoms with E-state index >= 15 is 0 Å². The summed E-state index contributed by atoms with van der Waals surface area (Å²) < 4.78 is 10.7. The fourth-order valence-corrected chi connectivity index (χ4v) is 2.61. The van der Waals surface area contributed by atoms with Gasteiger partial charge < -0.3 is 25.0 Å². The summed E-state index contributed by atoms with van der Waals surface area (Å²) >= 11 is 0. The van der Waals surface area contributed by atoms with E-state index in [1.807, 2.05) is 36.4 Å². The van der Waals surface area contributed by atoms with Crippen molar-refractivity contribution in [1.82, 2.24) is 10.6 Å². The minimum absolute atomic E-state index is 0. The van der Waals surface area contributed by atoms with Crippen LogP contribution >= 0.6 is 24.0 Å². The Kier molecular flexibility index (Phi) is 7.83. The molecule has 26 heavy (non-hydrogen) atoms. The van der Waals surface area contributed by atoms with Crippen LogP contribution in [-0.4, -0.2) is 39.9 Å². The van der Waals surface area contributed by atoms with Crippen LogP contribution in [0.3, 0.4) is 0 Å². The normalized spacial score (nSPS) is 12.3. The number of nitrogens with zero attached hydrogens (tertiary/aromatic N) is 2. The van der Waals surface area contributed by atoms with Gasteiger partial charge in [0.1, 0.15) is 0 Å². The number of aliphatic imine (C=N–C) groups is 1. The van der Waals surface area contributed by atoms with Crippen molar-refractivity contribution in [2.24, 2.45) is 4.99 Å². The first-order valence-corrected chi connectivity index (χ1v) is 8.35. The number of rotatable bonds is 6. The number of hydrogen-bond acceptors (Lipinski definition) is 4. The van der Waals surface area contributed by atoms with Crippen molar-refractivity contribution in [1.29, 1.82) is 0 Å². The molecule has 0 radical (unpaired) electrons. The molecule has 0 bridgehead atoms. The first kappa shape index (κ1) is 20.2. The molecule has 1 heterocycles. The molecule has 0 saturated heterocycles. The monoisotopic (exact) mass is 468 g/mol. The summed E-state index contributed by atoms with van der Waals surface area (Å²) in [6, 6.07) is 16.3. The van der Waals surface area contributed by atoms with Crippen molar-refractivity contribution in [2.45, 2.75) is 6.54 Å². The van der Waals surface area contributed by atoms with E-state index in [1.165, 1.54) is 5.69 Å². The first-order chi connectivity index (χ1) is 12.3. The van der Waals surface area contributed by atoms with Gasteiger partial charge in [-0.2, -0.15) is 0 Å². The lowest BCUT2D eigenvalue weighted by Crippen LogP contribution is -2.40. The number of nitrogens with one attached hydrogen (secondary N) is 2. The molecule has 0 spiro atoms.